The summed E-state index contributed by atoms with van der Waals surface area (Å²) in [5, 5.41) is 0. The van der Waals surface area contributed by atoms with Crippen LogP contribution in [0.15, 0.2) is 54.6 Å². The molecule has 9 heteroatoms. The molecular formula is C24H26F3N3O3. The molecule has 1 atom stereocenters. The zero-order chi connectivity index (χ0) is 24.0. The van der Waals surface area contributed by atoms with Gasteiger partial charge in [0.2, 0.25) is 5.91 Å². The number of imide groups is 1. The minimum atomic E-state index is -4.71. The van der Waals surface area contributed by atoms with Crippen LogP contribution in [0.25, 0.3) is 0 Å². The van der Waals surface area contributed by atoms with Gasteiger partial charge in [0.15, 0.2) is 0 Å². The second-order valence-corrected chi connectivity index (χ2v) is 8.10. The molecule has 1 aliphatic heterocycles. The van der Waals surface area contributed by atoms with Crippen LogP contribution in [-0.4, -0.2) is 46.8 Å². The molecule has 3 amide bonds. The zero-order valence-corrected chi connectivity index (χ0v) is 18.1. The Bertz CT molecular complexity index is 995. The zero-order valence-electron chi connectivity index (χ0n) is 18.1. The highest BCUT2D eigenvalue weighted by Gasteiger charge is 2.39. The Balaban J connectivity index is 1.77. The largest absolute Gasteiger partial charge is 0.406 e. The smallest absolute Gasteiger partial charge is 0.326 e. The molecular weight excluding hydrogens is 435 g/mol. The molecule has 2 aromatic rings. The predicted molar refractivity (Wildman–Crippen MR) is 116 cm³/mol. The molecule has 1 fully saturated rings. The lowest BCUT2D eigenvalue weighted by Crippen LogP contribution is -2.49. The summed E-state index contributed by atoms with van der Waals surface area (Å²) in [5.74, 6) is -3.25. The number of carbonyl (C=O) groups excluding carboxylic acids is 3. The molecule has 3 rings (SSSR count). The van der Waals surface area contributed by atoms with Gasteiger partial charge in [-0.3, -0.25) is 19.3 Å². The lowest BCUT2D eigenvalue weighted by molar-refractivity contribution is -0.169. The molecule has 0 bridgehead atoms. The Morgan fingerprint density at radius 1 is 1.06 bits per heavy atom. The second kappa shape index (κ2) is 10.6. The number of likely N-dealkylation sites (tertiary alicyclic amines) is 1. The summed E-state index contributed by atoms with van der Waals surface area (Å²) in [5.41, 5.74) is 7.63. The van der Waals surface area contributed by atoms with Crippen molar-refractivity contribution in [3.63, 3.8) is 0 Å². The highest BCUT2D eigenvalue weighted by atomic mass is 19.4. The van der Waals surface area contributed by atoms with Gasteiger partial charge >= 0.3 is 18.0 Å². The van der Waals surface area contributed by atoms with Gasteiger partial charge in [0.05, 0.1) is 0 Å². The molecule has 0 aromatic heterocycles. The molecule has 6 nitrogen and oxygen atoms in total. The number of halogens is 3. The summed E-state index contributed by atoms with van der Waals surface area (Å²) in [7, 11) is 0. The van der Waals surface area contributed by atoms with E-state index < -0.39 is 37.0 Å². The average Bonchev–Trinajstić information content (AvgIpc) is 2.99. The Labute approximate surface area is 190 Å². The fourth-order valence-corrected chi connectivity index (χ4v) is 4.01. The number of rotatable bonds is 5. The fourth-order valence-electron chi connectivity index (χ4n) is 4.01. The van der Waals surface area contributed by atoms with Gasteiger partial charge in [-0.2, -0.15) is 13.2 Å². The Morgan fingerprint density at radius 2 is 1.76 bits per heavy atom. The van der Waals surface area contributed by atoms with Gasteiger partial charge in [-0.05, 0) is 35.4 Å². The summed E-state index contributed by atoms with van der Waals surface area (Å²) in [6.45, 7) is -1.84. The van der Waals surface area contributed by atoms with E-state index in [1.54, 1.807) is 24.3 Å². The van der Waals surface area contributed by atoms with Crippen LogP contribution in [0.2, 0.25) is 0 Å². The number of hydrogen-bond donors (Lipinski definition) is 1. The van der Waals surface area contributed by atoms with Crippen LogP contribution >= 0.6 is 0 Å². The van der Waals surface area contributed by atoms with Crippen molar-refractivity contribution in [1.29, 1.82) is 0 Å². The number of benzene rings is 2. The van der Waals surface area contributed by atoms with E-state index in [9.17, 15) is 27.6 Å². The SMILES string of the molecule is NCc1cccc(CN(CC(F)(F)F)C(=O)C(=O)N2CCCC(c3ccccc3)CC2=O)c1. The van der Waals surface area contributed by atoms with Crippen molar-refractivity contribution in [3.8, 4) is 0 Å². The van der Waals surface area contributed by atoms with Crippen LogP contribution in [0.5, 0.6) is 0 Å². The van der Waals surface area contributed by atoms with Crippen molar-refractivity contribution < 1.29 is 27.6 Å². The second-order valence-electron chi connectivity index (χ2n) is 8.10. The summed E-state index contributed by atoms with van der Waals surface area (Å²) < 4.78 is 39.6. The van der Waals surface area contributed by atoms with E-state index in [0.29, 0.717) is 28.9 Å². The standard InChI is InChI=1S/C24H26F3N3O3/c25-24(26,27)16-29(15-18-7-4-6-17(12-18)14-28)22(32)23(33)30-11-5-10-20(13-21(30)31)19-8-2-1-3-9-19/h1-4,6-9,12,20H,5,10-11,13-16,28H2. The molecule has 1 unspecified atom stereocenters. The molecule has 1 aliphatic rings. The van der Waals surface area contributed by atoms with Crippen LogP contribution in [0.1, 0.15) is 41.9 Å². The molecule has 176 valence electrons. The topological polar surface area (TPSA) is 83.7 Å². The first-order chi connectivity index (χ1) is 15.7. The minimum absolute atomic E-state index is 0.00471. The van der Waals surface area contributed by atoms with E-state index >= 15 is 0 Å². The van der Waals surface area contributed by atoms with Gasteiger partial charge in [0, 0.05) is 26.1 Å². The molecule has 0 spiro atoms. The maximum absolute atomic E-state index is 13.2. The quantitative estimate of drug-likeness (QED) is 0.693. The van der Waals surface area contributed by atoms with Crippen LogP contribution in [0.4, 0.5) is 13.2 Å². The van der Waals surface area contributed by atoms with Gasteiger partial charge in [0.25, 0.3) is 0 Å². The first kappa shape index (κ1) is 24.4. The first-order valence-electron chi connectivity index (χ1n) is 10.7. The lowest BCUT2D eigenvalue weighted by atomic mass is 9.92. The number of carbonyl (C=O) groups is 3. The van der Waals surface area contributed by atoms with E-state index in [1.807, 2.05) is 30.3 Å². The van der Waals surface area contributed by atoms with Gasteiger partial charge in [-0.15, -0.1) is 0 Å². The van der Waals surface area contributed by atoms with Crippen molar-refractivity contribution in [1.82, 2.24) is 9.80 Å². The third kappa shape index (κ3) is 6.64. The molecule has 2 aromatic carbocycles. The first-order valence-corrected chi connectivity index (χ1v) is 10.7. The highest BCUT2D eigenvalue weighted by Crippen LogP contribution is 2.29. The molecule has 0 radical (unpaired) electrons. The van der Waals surface area contributed by atoms with E-state index in [1.165, 1.54) is 0 Å². The third-order valence-corrected chi connectivity index (χ3v) is 5.61. The third-order valence-electron chi connectivity index (χ3n) is 5.61. The maximum atomic E-state index is 13.2. The lowest BCUT2D eigenvalue weighted by Gasteiger charge is -2.26. The van der Waals surface area contributed by atoms with Gasteiger partial charge in [0.1, 0.15) is 6.54 Å². The highest BCUT2D eigenvalue weighted by molar-refractivity contribution is 6.37. The van der Waals surface area contributed by atoms with E-state index in [2.05, 4.69) is 0 Å². The van der Waals surface area contributed by atoms with Crippen molar-refractivity contribution in [2.75, 3.05) is 13.1 Å². The number of nitrogens with two attached hydrogens (primary N) is 1. The predicted octanol–water partition coefficient (Wildman–Crippen LogP) is 3.36. The summed E-state index contributed by atoms with van der Waals surface area (Å²) in [4.78, 5) is 39.7. The van der Waals surface area contributed by atoms with Crippen LogP contribution in [-0.2, 0) is 27.5 Å². The molecule has 1 saturated heterocycles. The molecule has 2 N–H and O–H groups in total. The van der Waals surface area contributed by atoms with Crippen LogP contribution in [0, 0.1) is 0 Å². The van der Waals surface area contributed by atoms with Crippen molar-refractivity contribution in [3.05, 3.63) is 71.3 Å². The number of alkyl halides is 3. The molecule has 0 saturated carbocycles. The Hall–Kier alpha value is -3.20. The van der Waals surface area contributed by atoms with Crippen molar-refractivity contribution in [2.24, 2.45) is 5.73 Å². The monoisotopic (exact) mass is 461 g/mol. The van der Waals surface area contributed by atoms with E-state index in [0.717, 1.165) is 10.5 Å². The summed E-state index contributed by atoms with van der Waals surface area (Å²) >= 11 is 0. The number of nitrogens with zero attached hydrogens (tertiary/aromatic N) is 2. The van der Waals surface area contributed by atoms with Crippen LogP contribution < -0.4 is 5.73 Å². The fraction of sp³-hybridized carbons (Fsp3) is 0.375. The van der Waals surface area contributed by atoms with Crippen molar-refractivity contribution >= 4 is 17.7 Å². The van der Waals surface area contributed by atoms with Gasteiger partial charge in [-0.25, -0.2) is 0 Å². The summed E-state index contributed by atoms with van der Waals surface area (Å²) in [6.07, 6.45) is -3.60. The Morgan fingerprint density at radius 3 is 2.42 bits per heavy atom. The van der Waals surface area contributed by atoms with Gasteiger partial charge in [-0.1, -0.05) is 54.6 Å². The van der Waals surface area contributed by atoms with Crippen molar-refractivity contribution in [2.45, 2.75) is 44.4 Å². The van der Waals surface area contributed by atoms with Crippen LogP contribution in [0.3, 0.4) is 0 Å². The maximum Gasteiger partial charge on any atom is 0.406 e. The Kier molecular flexibility index (Phi) is 7.86. The van der Waals surface area contributed by atoms with Gasteiger partial charge < -0.3 is 10.6 Å². The molecule has 1 heterocycles. The molecule has 0 aliphatic carbocycles. The summed E-state index contributed by atoms with van der Waals surface area (Å²) in [6, 6.07) is 15.8. The number of hydrogen-bond acceptors (Lipinski definition) is 4. The normalized spacial score (nSPS) is 16.9. The number of amides is 3. The average molecular weight is 461 g/mol. The van der Waals surface area contributed by atoms with E-state index in [-0.39, 0.29) is 25.4 Å². The minimum Gasteiger partial charge on any atom is -0.326 e. The molecule has 33 heavy (non-hydrogen) atoms. The van der Waals surface area contributed by atoms with E-state index in [4.69, 9.17) is 5.73 Å².